The first-order chi connectivity index (χ1) is 8.24. The Morgan fingerprint density at radius 3 is 2.76 bits per heavy atom. The monoisotopic (exact) mass is 286 g/mol. The Labute approximate surface area is 108 Å². The van der Waals surface area contributed by atoms with Gasteiger partial charge in [-0.05, 0) is 42.8 Å². The summed E-state index contributed by atoms with van der Waals surface area (Å²) in [5.74, 6) is 0.952. The summed E-state index contributed by atoms with van der Waals surface area (Å²) < 4.78 is 3.20. The summed E-state index contributed by atoms with van der Waals surface area (Å²) in [7, 11) is 0. The van der Waals surface area contributed by atoms with Crippen LogP contribution in [-0.2, 0) is 0 Å². The van der Waals surface area contributed by atoms with Crippen LogP contribution in [-0.4, -0.2) is 9.55 Å². The Kier molecular flexibility index (Phi) is 2.48. The highest BCUT2D eigenvalue weighted by Gasteiger charge is 2.03. The van der Waals surface area contributed by atoms with E-state index < -0.39 is 0 Å². The van der Waals surface area contributed by atoms with Crippen LogP contribution in [0.25, 0.3) is 16.7 Å². The number of hydrogen-bond acceptors (Lipinski definition) is 1. The van der Waals surface area contributed by atoms with E-state index in [0.29, 0.717) is 0 Å². The van der Waals surface area contributed by atoms with E-state index in [4.69, 9.17) is 0 Å². The number of fused-ring (bicyclic) bond motifs is 1. The SMILES string of the molecule is Cc1ccc(-n2ccc3cc(Br)ccc32)nc1. The second-order valence-electron chi connectivity index (χ2n) is 4.08. The number of aryl methyl sites for hydroxylation is 1. The summed E-state index contributed by atoms with van der Waals surface area (Å²) in [5.41, 5.74) is 2.34. The van der Waals surface area contributed by atoms with Gasteiger partial charge in [0.25, 0.3) is 0 Å². The minimum absolute atomic E-state index is 0.952. The molecule has 0 spiro atoms. The van der Waals surface area contributed by atoms with Crippen LogP contribution in [0.2, 0.25) is 0 Å². The smallest absolute Gasteiger partial charge is 0.137 e. The molecule has 3 aromatic rings. The lowest BCUT2D eigenvalue weighted by molar-refractivity contribution is 1.04. The average molecular weight is 287 g/mol. The van der Waals surface area contributed by atoms with Crippen LogP contribution in [0.4, 0.5) is 0 Å². The van der Waals surface area contributed by atoms with Gasteiger partial charge in [-0.2, -0.15) is 0 Å². The molecule has 0 unspecified atom stereocenters. The van der Waals surface area contributed by atoms with E-state index >= 15 is 0 Å². The molecule has 0 aliphatic rings. The van der Waals surface area contributed by atoms with Crippen molar-refractivity contribution in [3.8, 4) is 5.82 Å². The highest BCUT2D eigenvalue weighted by Crippen LogP contribution is 2.23. The van der Waals surface area contributed by atoms with Crippen LogP contribution >= 0.6 is 15.9 Å². The zero-order valence-electron chi connectivity index (χ0n) is 9.39. The molecule has 0 radical (unpaired) electrons. The third-order valence-corrected chi connectivity index (χ3v) is 3.29. The van der Waals surface area contributed by atoms with Gasteiger partial charge in [0.15, 0.2) is 0 Å². The Morgan fingerprint density at radius 1 is 1.12 bits per heavy atom. The average Bonchev–Trinajstić information content (AvgIpc) is 2.73. The molecule has 0 saturated carbocycles. The molecular weight excluding hydrogens is 276 g/mol. The van der Waals surface area contributed by atoms with Gasteiger partial charge in [0.1, 0.15) is 5.82 Å². The number of pyridine rings is 1. The van der Waals surface area contributed by atoms with Crippen molar-refractivity contribution >= 4 is 26.8 Å². The zero-order chi connectivity index (χ0) is 11.8. The minimum atomic E-state index is 0.952. The Bertz CT molecular complexity index is 668. The molecule has 0 amide bonds. The van der Waals surface area contributed by atoms with Gasteiger partial charge in [-0.15, -0.1) is 0 Å². The fraction of sp³-hybridized carbons (Fsp3) is 0.0714. The first-order valence-electron chi connectivity index (χ1n) is 5.44. The largest absolute Gasteiger partial charge is 0.301 e. The summed E-state index contributed by atoms with van der Waals surface area (Å²) >= 11 is 3.48. The number of rotatable bonds is 1. The summed E-state index contributed by atoms with van der Waals surface area (Å²) in [6.07, 6.45) is 3.94. The van der Waals surface area contributed by atoms with Gasteiger partial charge < -0.3 is 4.57 Å². The van der Waals surface area contributed by atoms with E-state index in [0.717, 1.165) is 10.3 Å². The number of halogens is 1. The first kappa shape index (κ1) is 10.5. The van der Waals surface area contributed by atoms with Gasteiger partial charge >= 0.3 is 0 Å². The molecule has 2 aromatic heterocycles. The number of nitrogens with zero attached hydrogens (tertiary/aromatic N) is 2. The summed E-state index contributed by atoms with van der Waals surface area (Å²) in [4.78, 5) is 4.44. The quantitative estimate of drug-likeness (QED) is 0.659. The molecule has 3 heteroatoms. The molecule has 1 aromatic carbocycles. The maximum atomic E-state index is 4.44. The second-order valence-corrected chi connectivity index (χ2v) is 5.00. The maximum absolute atomic E-state index is 4.44. The predicted octanol–water partition coefficient (Wildman–Crippen LogP) is 4.10. The van der Waals surface area contributed by atoms with Gasteiger partial charge in [-0.3, -0.25) is 0 Å². The predicted molar refractivity (Wildman–Crippen MR) is 73.5 cm³/mol. The third-order valence-electron chi connectivity index (χ3n) is 2.79. The maximum Gasteiger partial charge on any atom is 0.137 e. The fourth-order valence-corrected chi connectivity index (χ4v) is 2.29. The lowest BCUT2D eigenvalue weighted by atomic mass is 10.2. The molecular formula is C14H11BrN2. The summed E-state index contributed by atoms with van der Waals surface area (Å²) in [5, 5.41) is 1.21. The second kappa shape index (κ2) is 4.00. The van der Waals surface area contributed by atoms with Crippen molar-refractivity contribution in [3.05, 3.63) is 58.8 Å². The normalized spacial score (nSPS) is 10.9. The van der Waals surface area contributed by atoms with E-state index in [2.05, 4.69) is 55.9 Å². The van der Waals surface area contributed by atoms with Crippen molar-refractivity contribution in [3.63, 3.8) is 0 Å². The summed E-state index contributed by atoms with van der Waals surface area (Å²) in [6.45, 7) is 2.04. The molecule has 2 nitrogen and oxygen atoms in total. The molecule has 2 heterocycles. The van der Waals surface area contributed by atoms with Crippen LogP contribution in [0.1, 0.15) is 5.56 Å². The first-order valence-corrected chi connectivity index (χ1v) is 6.23. The van der Waals surface area contributed by atoms with Crippen molar-refractivity contribution in [2.45, 2.75) is 6.92 Å². The molecule has 0 atom stereocenters. The molecule has 0 N–H and O–H groups in total. The van der Waals surface area contributed by atoms with Crippen LogP contribution < -0.4 is 0 Å². The topological polar surface area (TPSA) is 17.8 Å². The van der Waals surface area contributed by atoms with Crippen LogP contribution in [0.15, 0.2) is 53.3 Å². The van der Waals surface area contributed by atoms with Gasteiger partial charge in [-0.25, -0.2) is 4.98 Å². The van der Waals surface area contributed by atoms with E-state index in [1.165, 1.54) is 16.5 Å². The standard InChI is InChI=1S/C14H11BrN2/c1-10-2-5-14(16-9-10)17-7-6-11-8-12(15)3-4-13(11)17/h2-9H,1H3. The zero-order valence-corrected chi connectivity index (χ0v) is 11.0. The van der Waals surface area contributed by atoms with Crippen molar-refractivity contribution in [2.24, 2.45) is 0 Å². The molecule has 0 bridgehead atoms. The number of hydrogen-bond donors (Lipinski definition) is 0. The lowest BCUT2D eigenvalue weighted by Crippen LogP contribution is -1.95. The van der Waals surface area contributed by atoms with E-state index in [1.54, 1.807) is 0 Å². The van der Waals surface area contributed by atoms with E-state index in [1.807, 2.05) is 25.3 Å². The molecule has 3 rings (SSSR count). The lowest BCUT2D eigenvalue weighted by Gasteiger charge is -2.04. The molecule has 84 valence electrons. The van der Waals surface area contributed by atoms with E-state index in [9.17, 15) is 0 Å². The number of aromatic nitrogens is 2. The van der Waals surface area contributed by atoms with Crippen molar-refractivity contribution < 1.29 is 0 Å². The van der Waals surface area contributed by atoms with Crippen LogP contribution in [0.5, 0.6) is 0 Å². The molecule has 0 aliphatic heterocycles. The Morgan fingerprint density at radius 2 is 2.00 bits per heavy atom. The van der Waals surface area contributed by atoms with E-state index in [-0.39, 0.29) is 0 Å². The highest BCUT2D eigenvalue weighted by atomic mass is 79.9. The van der Waals surface area contributed by atoms with Gasteiger partial charge in [0.2, 0.25) is 0 Å². The Balaban J connectivity index is 2.21. The van der Waals surface area contributed by atoms with Gasteiger partial charge in [-0.1, -0.05) is 22.0 Å². The fourth-order valence-electron chi connectivity index (χ4n) is 1.92. The molecule has 0 aliphatic carbocycles. The third kappa shape index (κ3) is 1.87. The molecule has 0 fully saturated rings. The number of benzene rings is 1. The van der Waals surface area contributed by atoms with Crippen LogP contribution in [0, 0.1) is 6.92 Å². The highest BCUT2D eigenvalue weighted by molar-refractivity contribution is 9.10. The molecule has 0 saturated heterocycles. The Hall–Kier alpha value is -1.61. The van der Waals surface area contributed by atoms with Crippen molar-refractivity contribution in [2.75, 3.05) is 0 Å². The summed E-state index contributed by atoms with van der Waals surface area (Å²) in [6, 6.07) is 12.5. The van der Waals surface area contributed by atoms with Crippen molar-refractivity contribution in [1.29, 1.82) is 0 Å². The molecule has 17 heavy (non-hydrogen) atoms. The van der Waals surface area contributed by atoms with Gasteiger partial charge in [0, 0.05) is 22.3 Å². The van der Waals surface area contributed by atoms with Crippen LogP contribution in [0.3, 0.4) is 0 Å². The van der Waals surface area contributed by atoms with Crippen molar-refractivity contribution in [1.82, 2.24) is 9.55 Å². The minimum Gasteiger partial charge on any atom is -0.301 e. The van der Waals surface area contributed by atoms with Gasteiger partial charge in [0.05, 0.1) is 5.52 Å².